The minimum atomic E-state index is -5.42. The van der Waals surface area contributed by atoms with E-state index in [0.29, 0.717) is 12.8 Å². The van der Waals surface area contributed by atoms with Crippen LogP contribution in [0.2, 0.25) is 0 Å². The third-order valence-corrected chi connectivity index (χ3v) is 14.3. The summed E-state index contributed by atoms with van der Waals surface area (Å²) in [5.41, 5.74) is 4.59. The topological polar surface area (TPSA) is 265 Å². The minimum absolute atomic E-state index is 0.0499. The second-order valence-electron chi connectivity index (χ2n) is 18.5. The third kappa shape index (κ3) is 30.7. The zero-order valence-corrected chi connectivity index (χ0v) is 43.6. The molecule has 20 heteroatoms. The van der Waals surface area contributed by atoms with Gasteiger partial charge in [-0.05, 0) is 50.5 Å². The second kappa shape index (κ2) is 37.1. The van der Waals surface area contributed by atoms with Crippen molar-refractivity contribution >= 4 is 33.4 Å². The van der Waals surface area contributed by atoms with Crippen molar-refractivity contribution in [3.8, 4) is 0 Å². The summed E-state index contributed by atoms with van der Waals surface area (Å²) in [4.78, 5) is 61.9. The van der Waals surface area contributed by atoms with Crippen LogP contribution in [0.5, 0.6) is 0 Å². The molecule has 0 aromatic carbocycles. The van der Waals surface area contributed by atoms with Crippen LogP contribution in [0.4, 0.5) is 5.82 Å². The van der Waals surface area contributed by atoms with E-state index in [-0.39, 0.29) is 18.7 Å². The Morgan fingerprint density at radius 3 is 1.80 bits per heavy atom. The molecule has 69 heavy (non-hydrogen) atoms. The molecule has 0 aliphatic carbocycles. The van der Waals surface area contributed by atoms with Crippen molar-refractivity contribution < 1.29 is 66.3 Å². The van der Waals surface area contributed by atoms with E-state index in [1.54, 1.807) is 0 Å². The monoisotopic (exact) mass is 1020 g/mol. The van der Waals surface area contributed by atoms with E-state index in [4.69, 9.17) is 29.0 Å². The van der Waals surface area contributed by atoms with E-state index >= 15 is 0 Å². The van der Waals surface area contributed by atoms with E-state index in [0.717, 1.165) is 74.7 Å². The maximum Gasteiger partial charge on any atom is 0.481 e. The number of carbonyl (C=O) groups is 2. The number of hydrogen-bond acceptors (Lipinski definition) is 15. The fraction of sp³-hybridized carbons (Fsp3) is 0.796. The summed E-state index contributed by atoms with van der Waals surface area (Å²) in [7, 11) is -10.8. The number of phosphoric acid groups is 2. The third-order valence-electron chi connectivity index (χ3n) is 11.7. The largest absolute Gasteiger partial charge is 0.481 e. The summed E-state index contributed by atoms with van der Waals surface area (Å²) in [6.07, 6.45) is 29.7. The van der Waals surface area contributed by atoms with Gasteiger partial charge in [0.2, 0.25) is 0 Å². The van der Waals surface area contributed by atoms with Crippen molar-refractivity contribution in [3.05, 3.63) is 47.1 Å². The SMILES string of the molecule is CCCCCC/C=C\C=C/CCCCCCCC(=O)OC[C@H](COP(=O)(O)OP(=O)(O)OC[C@H]1O[C@@H](n2ccc(N)nc2=O)C(O)[C@H]1O)OC(=O)CCCCCCCCCCCCCCCC(C)C. The fourth-order valence-electron chi connectivity index (χ4n) is 7.72. The molecule has 1 saturated heterocycles. The Labute approximate surface area is 411 Å². The Hall–Kier alpha value is -2.76. The number of unbranched alkanes of at least 4 members (excludes halogenated alkanes) is 21. The lowest BCUT2D eigenvalue weighted by molar-refractivity contribution is -0.161. The molecule has 3 unspecified atom stereocenters. The summed E-state index contributed by atoms with van der Waals surface area (Å²) in [6.45, 7) is 4.45. The molecule has 2 rings (SSSR count). The van der Waals surface area contributed by atoms with E-state index < -0.39 is 83.7 Å². The highest BCUT2D eigenvalue weighted by atomic mass is 31.3. The van der Waals surface area contributed by atoms with E-state index in [1.807, 2.05) is 0 Å². The highest BCUT2D eigenvalue weighted by Crippen LogP contribution is 2.60. The number of aliphatic hydroxyl groups excluding tert-OH is 2. The zero-order valence-electron chi connectivity index (χ0n) is 41.8. The molecule has 1 aliphatic rings. The molecule has 0 saturated carbocycles. The number of carbonyl (C=O) groups excluding carboxylic acids is 2. The minimum Gasteiger partial charge on any atom is -0.462 e. The van der Waals surface area contributed by atoms with Gasteiger partial charge in [0.25, 0.3) is 0 Å². The molecule has 1 aliphatic heterocycles. The van der Waals surface area contributed by atoms with Gasteiger partial charge >= 0.3 is 33.3 Å². The van der Waals surface area contributed by atoms with Crippen LogP contribution in [0, 0.1) is 5.92 Å². The first-order valence-electron chi connectivity index (χ1n) is 25.7. The van der Waals surface area contributed by atoms with Crippen molar-refractivity contribution in [1.82, 2.24) is 9.55 Å². The van der Waals surface area contributed by atoms with Crippen LogP contribution in [0.25, 0.3) is 0 Å². The van der Waals surface area contributed by atoms with Crippen LogP contribution in [-0.4, -0.2) is 85.7 Å². The van der Waals surface area contributed by atoms with Crippen molar-refractivity contribution in [3.63, 3.8) is 0 Å². The standard InChI is InChI=1S/C49H87N3O15P2/c1-4-5-6-7-8-9-10-11-12-15-18-21-24-27-30-33-44(53)62-37-41(65-45(54)34-31-28-25-22-19-16-13-14-17-20-23-26-29-32-40(2)3)38-63-68(58,59)67-69(60,61)64-39-42-46(55)47(56)48(66-42)52-36-35-43(50)51-49(52)57/h9-12,35-36,40-42,46-48,55-56H,4-8,13-34,37-39H2,1-3H3,(H,58,59)(H,60,61)(H2,50,51,57)/b10-9-,12-11-/t41-,42-,46+,47?,48-/m1/s1. The van der Waals surface area contributed by atoms with Crippen molar-refractivity contribution in [1.29, 1.82) is 0 Å². The van der Waals surface area contributed by atoms with Crippen LogP contribution < -0.4 is 11.4 Å². The van der Waals surface area contributed by atoms with Crippen LogP contribution in [0.1, 0.15) is 200 Å². The number of anilines is 1. The van der Waals surface area contributed by atoms with Gasteiger partial charge in [-0.25, -0.2) is 13.9 Å². The number of rotatable bonds is 42. The van der Waals surface area contributed by atoms with Crippen LogP contribution in [0.3, 0.4) is 0 Å². The molecule has 1 aromatic heterocycles. The molecular weight excluding hydrogens is 932 g/mol. The van der Waals surface area contributed by atoms with E-state index in [1.165, 1.54) is 95.7 Å². The summed E-state index contributed by atoms with van der Waals surface area (Å²) < 4.78 is 56.8. The molecular formula is C49H87N3O15P2. The summed E-state index contributed by atoms with van der Waals surface area (Å²) in [5, 5.41) is 20.9. The fourth-order valence-corrected chi connectivity index (χ4v) is 9.83. The van der Waals surface area contributed by atoms with Gasteiger partial charge in [0.15, 0.2) is 12.3 Å². The first-order valence-corrected chi connectivity index (χ1v) is 28.7. The normalized spacial score (nSPS) is 19.6. The molecule has 0 bridgehead atoms. The highest BCUT2D eigenvalue weighted by Gasteiger charge is 2.46. The Balaban J connectivity index is 1.80. The smallest absolute Gasteiger partial charge is 0.462 e. The summed E-state index contributed by atoms with van der Waals surface area (Å²) >= 11 is 0. The van der Waals surface area contributed by atoms with Gasteiger partial charge < -0.3 is 39.9 Å². The molecule has 1 fully saturated rings. The number of nitrogens with zero attached hydrogens (tertiary/aromatic N) is 2. The van der Waals surface area contributed by atoms with Crippen molar-refractivity contribution in [2.75, 3.05) is 25.6 Å². The highest BCUT2D eigenvalue weighted by molar-refractivity contribution is 7.61. The number of nitrogens with two attached hydrogens (primary N) is 1. The molecule has 7 atom stereocenters. The van der Waals surface area contributed by atoms with Gasteiger partial charge in [-0.3, -0.25) is 23.2 Å². The van der Waals surface area contributed by atoms with Gasteiger partial charge in [-0.2, -0.15) is 9.29 Å². The number of aliphatic hydroxyl groups is 2. The van der Waals surface area contributed by atoms with E-state index in [9.17, 15) is 43.5 Å². The number of allylic oxidation sites excluding steroid dienone is 4. The number of phosphoric ester groups is 2. The lowest BCUT2D eigenvalue weighted by Crippen LogP contribution is -2.36. The zero-order chi connectivity index (χ0) is 50.8. The molecule has 18 nitrogen and oxygen atoms in total. The lowest BCUT2D eigenvalue weighted by atomic mass is 10.0. The van der Waals surface area contributed by atoms with Crippen molar-refractivity contribution in [2.24, 2.45) is 5.92 Å². The maximum atomic E-state index is 12.9. The Morgan fingerprint density at radius 2 is 1.25 bits per heavy atom. The molecule has 398 valence electrons. The van der Waals surface area contributed by atoms with E-state index in [2.05, 4.69) is 54.4 Å². The average molecular weight is 1020 g/mol. The lowest BCUT2D eigenvalue weighted by Gasteiger charge is -2.21. The quantitative estimate of drug-likeness (QED) is 0.0176. The molecule has 2 heterocycles. The number of ether oxygens (including phenoxy) is 3. The van der Waals surface area contributed by atoms with Crippen LogP contribution in [-0.2, 0) is 46.3 Å². The van der Waals surface area contributed by atoms with Gasteiger partial charge in [0.1, 0.15) is 30.7 Å². The Morgan fingerprint density at radius 1 is 0.739 bits per heavy atom. The number of aromatic nitrogens is 2. The van der Waals surface area contributed by atoms with Gasteiger partial charge in [0.05, 0.1) is 13.2 Å². The average Bonchev–Trinajstić information content (AvgIpc) is 3.57. The van der Waals surface area contributed by atoms with Crippen molar-refractivity contribution in [2.45, 2.75) is 225 Å². The van der Waals surface area contributed by atoms with Gasteiger partial charge in [-0.15, -0.1) is 0 Å². The molecule has 0 radical (unpaired) electrons. The number of nitrogen functional groups attached to an aromatic ring is 1. The Kier molecular flexibility index (Phi) is 33.5. The Bertz CT molecular complexity index is 1760. The van der Waals surface area contributed by atoms with Crippen LogP contribution >= 0.6 is 15.6 Å². The molecule has 0 spiro atoms. The van der Waals surface area contributed by atoms with Gasteiger partial charge in [0, 0.05) is 19.0 Å². The summed E-state index contributed by atoms with van der Waals surface area (Å²) in [5.74, 6) is -0.522. The molecule has 6 N–H and O–H groups in total. The van der Waals surface area contributed by atoms with Gasteiger partial charge in [-0.1, -0.05) is 167 Å². The predicted octanol–water partition coefficient (Wildman–Crippen LogP) is 10.5. The number of hydrogen-bond donors (Lipinski definition) is 5. The number of esters is 2. The summed E-state index contributed by atoms with van der Waals surface area (Å²) in [6, 6.07) is 1.25. The molecule has 0 amide bonds. The first kappa shape index (κ1) is 62.4. The predicted molar refractivity (Wildman–Crippen MR) is 266 cm³/mol. The maximum absolute atomic E-state index is 12.9. The first-order chi connectivity index (χ1) is 33.0. The second-order valence-corrected chi connectivity index (χ2v) is 21.6. The molecule has 1 aromatic rings. The van der Waals surface area contributed by atoms with Crippen LogP contribution in [0.15, 0.2) is 41.4 Å².